The Kier molecular flexibility index (Phi) is 9.30. The average molecular weight is 549 g/mol. The maximum Gasteiger partial charge on any atom is 0.118 e. The topological polar surface area (TPSA) is 27.1 Å². The van der Waals surface area contributed by atoms with E-state index in [1.807, 2.05) is 48.9 Å². The normalized spacial score (nSPS) is 11.3. The molecule has 2 radical (unpaired) electrons. The van der Waals surface area contributed by atoms with E-state index < -0.39 is 9.52 Å². The van der Waals surface area contributed by atoms with Crippen molar-refractivity contribution in [3.63, 3.8) is 0 Å². The van der Waals surface area contributed by atoms with E-state index in [0.29, 0.717) is 0 Å². The van der Waals surface area contributed by atoms with Crippen molar-refractivity contribution in [2.24, 2.45) is 0 Å². The van der Waals surface area contributed by atoms with Crippen LogP contribution in [-0.4, -0.2) is 34.0 Å². The van der Waals surface area contributed by atoms with Crippen LogP contribution in [0.3, 0.4) is 0 Å². The highest BCUT2D eigenvalue weighted by Gasteiger charge is 2.36. The summed E-state index contributed by atoms with van der Waals surface area (Å²) >= 11 is 0. The zero-order chi connectivity index (χ0) is 28.3. The number of methoxy groups -OCH3 is 1. The van der Waals surface area contributed by atoms with Gasteiger partial charge in [0.05, 0.1) is 36.0 Å². The highest BCUT2D eigenvalue weighted by Crippen LogP contribution is 2.33. The van der Waals surface area contributed by atoms with Crippen LogP contribution in [0.25, 0.3) is 0 Å². The van der Waals surface area contributed by atoms with Crippen molar-refractivity contribution >= 4 is 22.6 Å². The van der Waals surface area contributed by atoms with Gasteiger partial charge in [0.25, 0.3) is 0 Å². The molecule has 1 heterocycles. The van der Waals surface area contributed by atoms with Crippen LogP contribution >= 0.6 is 0 Å². The molecule has 0 saturated carbocycles. The molecule has 3 nitrogen and oxygen atoms in total. The summed E-state index contributed by atoms with van der Waals surface area (Å²) in [5.41, 5.74) is 4.88. The molecule has 0 atom stereocenters. The van der Waals surface area contributed by atoms with Crippen LogP contribution in [-0.2, 0) is 5.16 Å². The standard InChI is InChI=1S/C23H22N2OSi.C13H11B/c1-26-21-12-14-22(15-13-21)27-23(25-17-16-24-18-25,19-8-4-2-5-9-19)20-10-6-3-7-11-20;14-13(11-7-3-1-4-8-11)12-9-5-2-6-10-12/h2-18H,27H2,1H3;1-10,13H. The van der Waals surface area contributed by atoms with Gasteiger partial charge in [-0.1, -0.05) is 139 Å². The number of imidazole rings is 1. The summed E-state index contributed by atoms with van der Waals surface area (Å²) in [7, 11) is 6.99. The zero-order valence-electron chi connectivity index (χ0n) is 23.3. The van der Waals surface area contributed by atoms with Gasteiger partial charge in [-0.15, -0.1) is 0 Å². The van der Waals surface area contributed by atoms with Crippen LogP contribution in [0.1, 0.15) is 28.1 Å². The fourth-order valence-electron chi connectivity index (χ4n) is 5.22. The Balaban J connectivity index is 0.000000202. The molecule has 5 aromatic carbocycles. The Hall–Kier alpha value is -4.61. The van der Waals surface area contributed by atoms with Gasteiger partial charge >= 0.3 is 0 Å². The van der Waals surface area contributed by atoms with Crippen LogP contribution in [0.5, 0.6) is 5.75 Å². The smallest absolute Gasteiger partial charge is 0.118 e. The third-order valence-corrected chi connectivity index (χ3v) is 9.96. The lowest BCUT2D eigenvalue weighted by Crippen LogP contribution is -2.46. The number of benzene rings is 5. The van der Waals surface area contributed by atoms with Crippen LogP contribution in [0.2, 0.25) is 0 Å². The largest absolute Gasteiger partial charge is 0.497 e. The first-order valence-corrected chi connectivity index (χ1v) is 15.2. The van der Waals surface area contributed by atoms with Crippen LogP contribution in [0.4, 0.5) is 0 Å². The summed E-state index contributed by atoms with van der Waals surface area (Å²) in [6.07, 6.45) is 5.89. The van der Waals surface area contributed by atoms with Crippen LogP contribution < -0.4 is 9.92 Å². The SMILES string of the molecule is COc1ccc([SiH2]C(c2ccccc2)(c2ccccc2)n2ccnc2)cc1.[B]C(c1ccccc1)c1ccccc1. The molecule has 0 aliphatic rings. The van der Waals surface area contributed by atoms with Gasteiger partial charge in [0.2, 0.25) is 0 Å². The van der Waals surface area contributed by atoms with Crippen molar-refractivity contribution in [2.45, 2.75) is 11.0 Å². The van der Waals surface area contributed by atoms with Gasteiger partial charge in [-0.25, -0.2) is 4.98 Å². The van der Waals surface area contributed by atoms with E-state index in [1.165, 1.54) is 16.3 Å². The Bertz CT molecular complexity index is 1500. The molecule has 0 N–H and O–H groups in total. The molecule has 0 bridgehead atoms. The van der Waals surface area contributed by atoms with E-state index in [0.717, 1.165) is 16.9 Å². The summed E-state index contributed by atoms with van der Waals surface area (Å²) < 4.78 is 7.61. The second-order valence-electron chi connectivity index (χ2n) is 9.89. The highest BCUT2D eigenvalue weighted by atomic mass is 28.2. The van der Waals surface area contributed by atoms with Crippen LogP contribution in [0, 0.1) is 0 Å². The third-order valence-electron chi connectivity index (χ3n) is 7.38. The quantitative estimate of drug-likeness (QED) is 0.216. The fraction of sp³-hybridized carbons (Fsp3) is 0.0833. The number of rotatable bonds is 8. The van der Waals surface area contributed by atoms with E-state index in [9.17, 15) is 0 Å². The van der Waals surface area contributed by atoms with Gasteiger partial charge in [0.1, 0.15) is 5.75 Å². The van der Waals surface area contributed by atoms with Gasteiger partial charge in [-0.2, -0.15) is 0 Å². The van der Waals surface area contributed by atoms with E-state index in [2.05, 4.69) is 125 Å². The Morgan fingerprint density at radius 1 is 0.659 bits per heavy atom. The summed E-state index contributed by atoms with van der Waals surface area (Å²) in [5, 5.41) is 1.13. The molecule has 0 saturated heterocycles. The first kappa shape index (κ1) is 27.9. The summed E-state index contributed by atoms with van der Waals surface area (Å²) in [4.78, 5) is 4.37. The number of hydrogen-bond donors (Lipinski definition) is 0. The minimum absolute atomic E-state index is 0.0163. The van der Waals surface area contributed by atoms with Gasteiger partial charge in [-0.05, 0) is 40.2 Å². The van der Waals surface area contributed by atoms with Crippen molar-refractivity contribution in [2.75, 3.05) is 7.11 Å². The molecule has 5 heteroatoms. The predicted octanol–water partition coefficient (Wildman–Crippen LogP) is 6.08. The van der Waals surface area contributed by atoms with Crippen molar-refractivity contribution in [3.8, 4) is 5.75 Å². The number of ether oxygens (including phenoxy) is 1. The molecule has 0 aliphatic carbocycles. The summed E-state index contributed by atoms with van der Waals surface area (Å²) in [6.45, 7) is 0. The first-order valence-electron chi connectivity index (χ1n) is 13.8. The molecule has 0 amide bonds. The predicted molar refractivity (Wildman–Crippen MR) is 173 cm³/mol. The lowest BCUT2D eigenvalue weighted by molar-refractivity contribution is 0.415. The van der Waals surface area contributed by atoms with Gasteiger partial charge in [0, 0.05) is 12.4 Å². The summed E-state index contributed by atoms with van der Waals surface area (Å²) in [5.74, 6) is 0.873. The van der Waals surface area contributed by atoms with E-state index in [1.54, 1.807) is 7.11 Å². The third kappa shape index (κ3) is 6.59. The Morgan fingerprint density at radius 3 is 1.54 bits per heavy atom. The minimum atomic E-state index is -0.826. The maximum atomic E-state index is 6.12. The first-order chi connectivity index (χ1) is 20.2. The number of nitrogens with zero attached hydrogens (tertiary/aromatic N) is 2. The molecule has 0 unspecified atom stereocenters. The van der Waals surface area contributed by atoms with Crippen molar-refractivity contribution in [1.82, 2.24) is 9.55 Å². The second kappa shape index (κ2) is 13.6. The molecule has 1 aromatic heterocycles. The molecular formula is C36H33BN2OSi. The van der Waals surface area contributed by atoms with Crippen molar-refractivity contribution in [1.29, 1.82) is 0 Å². The van der Waals surface area contributed by atoms with Gasteiger partial charge in [0.15, 0.2) is 0 Å². The summed E-state index contributed by atoms with van der Waals surface area (Å²) in [6, 6.07) is 50.3. The zero-order valence-corrected chi connectivity index (χ0v) is 24.7. The van der Waals surface area contributed by atoms with E-state index >= 15 is 0 Å². The molecular weight excluding hydrogens is 515 g/mol. The number of aromatic nitrogens is 2. The molecule has 0 spiro atoms. The van der Waals surface area contributed by atoms with E-state index in [4.69, 9.17) is 12.6 Å². The minimum Gasteiger partial charge on any atom is -0.497 e. The van der Waals surface area contributed by atoms with Crippen molar-refractivity contribution in [3.05, 3.63) is 187 Å². The van der Waals surface area contributed by atoms with Gasteiger partial charge < -0.3 is 9.30 Å². The van der Waals surface area contributed by atoms with Crippen LogP contribution in [0.15, 0.2) is 164 Å². The molecule has 0 fully saturated rings. The highest BCUT2D eigenvalue weighted by molar-refractivity contribution is 6.57. The molecule has 6 rings (SSSR count). The maximum absolute atomic E-state index is 6.12. The second-order valence-corrected chi connectivity index (χ2v) is 12.1. The lowest BCUT2D eigenvalue weighted by Gasteiger charge is -2.37. The average Bonchev–Trinajstić information content (AvgIpc) is 3.61. The number of hydrogen-bond acceptors (Lipinski definition) is 2. The molecule has 41 heavy (non-hydrogen) atoms. The lowest BCUT2D eigenvalue weighted by atomic mass is 9.76. The Morgan fingerprint density at radius 2 is 1.12 bits per heavy atom. The van der Waals surface area contributed by atoms with Crippen molar-refractivity contribution < 1.29 is 4.74 Å². The van der Waals surface area contributed by atoms with E-state index in [-0.39, 0.29) is 11.0 Å². The van der Waals surface area contributed by atoms with Gasteiger partial charge in [-0.3, -0.25) is 0 Å². The Labute approximate surface area is 246 Å². The molecule has 6 aromatic rings. The molecule has 200 valence electrons. The molecule has 0 aliphatic heterocycles. The fourth-order valence-corrected chi connectivity index (χ4v) is 7.54. The monoisotopic (exact) mass is 548 g/mol.